The summed E-state index contributed by atoms with van der Waals surface area (Å²) >= 11 is 0. The first-order valence-corrected chi connectivity index (χ1v) is 3.71. The van der Waals surface area contributed by atoms with Gasteiger partial charge in [0.1, 0.15) is 0 Å². The number of ether oxygens (including phenoxy) is 1. The molecule has 0 rings (SSSR count). The van der Waals surface area contributed by atoms with Crippen LogP contribution in [-0.2, 0) is 14.3 Å². The van der Waals surface area contributed by atoms with Crippen molar-refractivity contribution in [2.75, 3.05) is 7.11 Å². The maximum absolute atomic E-state index is 10.7. The molecule has 6 heteroatoms. The number of carbonyl (C=O) groups is 2. The molecule has 0 aromatic carbocycles. The van der Waals surface area contributed by atoms with Crippen LogP contribution in [0.5, 0.6) is 0 Å². The van der Waals surface area contributed by atoms with Gasteiger partial charge in [-0.25, -0.2) is 4.79 Å². The van der Waals surface area contributed by atoms with E-state index in [1.165, 1.54) is 20.1 Å². The Morgan fingerprint density at radius 1 is 1.50 bits per heavy atom. The zero-order valence-electron chi connectivity index (χ0n) is 8.79. The second kappa shape index (κ2) is 7.84. The molecule has 0 spiro atoms. The Kier molecular flexibility index (Phi) is 8.93. The average molecular weight is 209 g/mol. The van der Waals surface area contributed by atoms with E-state index in [4.69, 9.17) is 0 Å². The minimum atomic E-state index is -1.22. The first kappa shape index (κ1) is 15.9. The van der Waals surface area contributed by atoms with Gasteiger partial charge in [0.25, 0.3) is 0 Å². The molecule has 0 amide bonds. The fourth-order valence-corrected chi connectivity index (χ4v) is 0.678. The van der Waals surface area contributed by atoms with Crippen LogP contribution in [0.2, 0.25) is 0 Å². The van der Waals surface area contributed by atoms with Crippen LogP contribution in [0, 0.1) is 0 Å². The number of carboxylic acids is 1. The summed E-state index contributed by atoms with van der Waals surface area (Å²) in [4.78, 5) is 20.9. The molecule has 1 N–H and O–H groups in total. The Labute approximate surface area is 105 Å². The molecule has 14 heavy (non-hydrogen) atoms. The molecule has 0 aromatic heterocycles. The molecule has 0 heterocycles. The fourth-order valence-electron chi connectivity index (χ4n) is 0.678. The minimum Gasteiger partial charge on any atom is -0.548 e. The van der Waals surface area contributed by atoms with Gasteiger partial charge in [0.15, 0.2) is 0 Å². The molecule has 0 saturated carbocycles. The molecular formula is C8H12NNaO4. The van der Waals surface area contributed by atoms with Crippen LogP contribution in [0.4, 0.5) is 0 Å². The van der Waals surface area contributed by atoms with Crippen LogP contribution in [0.3, 0.4) is 0 Å². The number of hydrogen-bond acceptors (Lipinski definition) is 5. The number of methoxy groups -OCH3 is 1. The van der Waals surface area contributed by atoms with Crippen LogP contribution < -0.4 is 40.0 Å². The van der Waals surface area contributed by atoms with Crippen molar-refractivity contribution in [2.24, 2.45) is 0 Å². The molecule has 1 atom stereocenters. The number of allylic oxidation sites excluding steroid dienone is 1. The molecule has 0 aliphatic carbocycles. The predicted octanol–water partition coefficient (Wildman–Crippen LogP) is -4.20. The van der Waals surface area contributed by atoms with E-state index in [1.807, 2.05) is 0 Å². The Morgan fingerprint density at radius 3 is 2.36 bits per heavy atom. The number of hydrogen-bond donors (Lipinski definition) is 1. The fraction of sp³-hybridized carbons (Fsp3) is 0.500. The molecule has 0 fully saturated rings. The summed E-state index contributed by atoms with van der Waals surface area (Å²) in [5.41, 5.74) is 0.420. The third-order valence-electron chi connectivity index (χ3n) is 1.33. The third-order valence-corrected chi connectivity index (χ3v) is 1.33. The third kappa shape index (κ3) is 6.94. The molecule has 74 valence electrons. The Hall–Kier alpha value is -0.520. The number of rotatable bonds is 4. The number of nitrogens with one attached hydrogen (secondary N) is 1. The second-order valence-electron chi connectivity index (χ2n) is 2.54. The Bertz CT molecular complexity index is 239. The maximum Gasteiger partial charge on any atom is 1.00 e. The topological polar surface area (TPSA) is 78.5 Å². The van der Waals surface area contributed by atoms with Crippen molar-refractivity contribution < 1.29 is 49.0 Å². The first-order valence-electron chi connectivity index (χ1n) is 3.71. The number of carbonyl (C=O) groups excluding carboxylic acids is 2. The molecule has 0 radical (unpaired) electrons. The molecule has 0 aliphatic rings. The Balaban J connectivity index is 0. The molecule has 0 aromatic rings. The van der Waals surface area contributed by atoms with Gasteiger partial charge < -0.3 is 20.0 Å². The summed E-state index contributed by atoms with van der Waals surface area (Å²) in [6, 6.07) is -0.832. The Morgan fingerprint density at radius 2 is 2.00 bits per heavy atom. The molecule has 0 aliphatic heterocycles. The zero-order chi connectivity index (χ0) is 10.4. The van der Waals surface area contributed by atoms with Crippen molar-refractivity contribution in [3.05, 3.63) is 11.8 Å². The minimum absolute atomic E-state index is 0. The standard InChI is InChI=1S/C8H13NO4.Na/c1-5(4-7(10)13-3)9-6(2)8(11)12;/h4,6,9H,1-3H3,(H,11,12);/q;+1/p-1/b5-4+;/t6-;/m0./s1. The second-order valence-corrected chi connectivity index (χ2v) is 2.54. The summed E-state index contributed by atoms with van der Waals surface area (Å²) in [7, 11) is 1.24. The predicted molar refractivity (Wildman–Crippen MR) is 43.4 cm³/mol. The van der Waals surface area contributed by atoms with Crippen molar-refractivity contribution in [3.63, 3.8) is 0 Å². The summed E-state index contributed by atoms with van der Waals surface area (Å²) in [6.07, 6.45) is 1.17. The van der Waals surface area contributed by atoms with Gasteiger partial charge in [0, 0.05) is 11.8 Å². The van der Waals surface area contributed by atoms with Gasteiger partial charge in [0.05, 0.1) is 19.1 Å². The zero-order valence-corrected chi connectivity index (χ0v) is 10.8. The van der Waals surface area contributed by atoms with E-state index in [9.17, 15) is 14.7 Å². The van der Waals surface area contributed by atoms with Crippen molar-refractivity contribution in [1.29, 1.82) is 0 Å². The van der Waals surface area contributed by atoms with Crippen molar-refractivity contribution in [1.82, 2.24) is 5.32 Å². The summed E-state index contributed by atoms with van der Waals surface area (Å²) < 4.78 is 4.34. The van der Waals surface area contributed by atoms with E-state index in [1.54, 1.807) is 6.92 Å². The smallest absolute Gasteiger partial charge is 0.548 e. The van der Waals surface area contributed by atoms with Crippen LogP contribution >= 0.6 is 0 Å². The number of aliphatic carboxylic acids is 1. The van der Waals surface area contributed by atoms with Gasteiger partial charge >= 0.3 is 35.5 Å². The molecule has 0 bridgehead atoms. The van der Waals surface area contributed by atoms with Crippen LogP contribution in [0.15, 0.2) is 11.8 Å². The summed E-state index contributed by atoms with van der Waals surface area (Å²) in [5, 5.41) is 12.8. The van der Waals surface area contributed by atoms with Crippen molar-refractivity contribution in [3.8, 4) is 0 Å². The van der Waals surface area contributed by atoms with Gasteiger partial charge in [-0.3, -0.25) is 0 Å². The summed E-state index contributed by atoms with van der Waals surface area (Å²) in [6.45, 7) is 2.99. The molecule has 5 nitrogen and oxygen atoms in total. The molecule has 0 saturated heterocycles. The van der Waals surface area contributed by atoms with E-state index in [-0.39, 0.29) is 29.6 Å². The van der Waals surface area contributed by atoms with Crippen molar-refractivity contribution >= 4 is 11.9 Å². The van der Waals surface area contributed by atoms with Crippen LogP contribution in [0.1, 0.15) is 13.8 Å². The van der Waals surface area contributed by atoms with E-state index in [2.05, 4.69) is 10.1 Å². The summed E-state index contributed by atoms with van der Waals surface area (Å²) in [5.74, 6) is -1.76. The van der Waals surface area contributed by atoms with E-state index >= 15 is 0 Å². The monoisotopic (exact) mass is 209 g/mol. The van der Waals surface area contributed by atoms with Crippen LogP contribution in [-0.4, -0.2) is 25.1 Å². The molecular weight excluding hydrogens is 197 g/mol. The van der Waals surface area contributed by atoms with E-state index in [0.29, 0.717) is 5.70 Å². The first-order chi connectivity index (χ1) is 5.97. The normalized spacial score (nSPS) is 12.4. The van der Waals surface area contributed by atoms with Gasteiger partial charge in [-0.2, -0.15) is 0 Å². The number of carboxylic acid groups (broad SMARTS) is 1. The van der Waals surface area contributed by atoms with Gasteiger partial charge in [-0.15, -0.1) is 0 Å². The van der Waals surface area contributed by atoms with Crippen molar-refractivity contribution in [2.45, 2.75) is 19.9 Å². The maximum atomic E-state index is 10.7. The van der Waals surface area contributed by atoms with Gasteiger partial charge in [-0.1, -0.05) is 0 Å². The SMILES string of the molecule is COC(=O)/C=C(\C)N[C@@H](C)C(=O)[O-].[Na+]. The average Bonchev–Trinajstić information content (AvgIpc) is 2.03. The number of esters is 1. The van der Waals surface area contributed by atoms with Crippen LogP contribution in [0.25, 0.3) is 0 Å². The quantitative estimate of drug-likeness (QED) is 0.288. The van der Waals surface area contributed by atoms with Gasteiger partial charge in [-0.05, 0) is 13.8 Å². The van der Waals surface area contributed by atoms with E-state index < -0.39 is 18.0 Å². The molecule has 0 unspecified atom stereocenters. The van der Waals surface area contributed by atoms with E-state index in [0.717, 1.165) is 0 Å². The van der Waals surface area contributed by atoms with Gasteiger partial charge in [0.2, 0.25) is 0 Å². The largest absolute Gasteiger partial charge is 1.00 e.